The molecule has 2 fully saturated rings. The molecule has 4 unspecified atom stereocenters. The highest BCUT2D eigenvalue weighted by Gasteiger charge is 2.50. The van der Waals surface area contributed by atoms with E-state index < -0.39 is 0 Å². The second kappa shape index (κ2) is 5.72. The number of hydrogen-bond donors (Lipinski definition) is 0. The van der Waals surface area contributed by atoms with E-state index in [9.17, 15) is 0 Å². The van der Waals surface area contributed by atoms with Gasteiger partial charge in [-0.2, -0.15) is 10.2 Å². The summed E-state index contributed by atoms with van der Waals surface area (Å²) < 4.78 is 15.0. The minimum Gasteiger partial charge on any atom is -0.365 e. The molecule has 130 valence electrons. The Bertz CT molecular complexity index is 689. The van der Waals surface area contributed by atoms with Crippen LogP contribution in [-0.4, -0.2) is 52.9 Å². The van der Waals surface area contributed by atoms with Gasteiger partial charge in [-0.3, -0.25) is 0 Å². The van der Waals surface area contributed by atoms with E-state index in [4.69, 9.17) is 9.47 Å². The van der Waals surface area contributed by atoms with Crippen LogP contribution >= 0.6 is 21.6 Å². The zero-order chi connectivity index (χ0) is 16.9. The number of hydrogen-bond acceptors (Lipinski definition) is 8. The van der Waals surface area contributed by atoms with Gasteiger partial charge in [0.25, 0.3) is 0 Å². The van der Waals surface area contributed by atoms with Gasteiger partial charge in [0.05, 0.1) is 25.3 Å². The van der Waals surface area contributed by atoms with Gasteiger partial charge >= 0.3 is 0 Å². The van der Waals surface area contributed by atoms with Crippen LogP contribution in [0.4, 0.5) is 0 Å². The molecule has 4 heterocycles. The molecule has 10 heteroatoms. The van der Waals surface area contributed by atoms with Crippen LogP contribution in [0.15, 0.2) is 23.0 Å². The predicted molar refractivity (Wildman–Crippen MR) is 89.7 cm³/mol. The summed E-state index contributed by atoms with van der Waals surface area (Å²) in [5.41, 5.74) is -0.274. The second-order valence-corrected chi connectivity index (χ2v) is 8.78. The first kappa shape index (κ1) is 16.4. The first-order chi connectivity index (χ1) is 11.4. The van der Waals surface area contributed by atoms with Crippen LogP contribution in [0.2, 0.25) is 0 Å². The van der Waals surface area contributed by atoms with Crippen molar-refractivity contribution in [3.05, 3.63) is 12.7 Å². The average Bonchev–Trinajstić information content (AvgIpc) is 3.11. The maximum absolute atomic E-state index is 5.63. The van der Waals surface area contributed by atoms with E-state index in [1.165, 1.54) is 21.6 Å². The molecule has 4 atom stereocenters. The summed E-state index contributed by atoms with van der Waals surface area (Å²) in [4.78, 5) is 8.68. The molecule has 2 saturated heterocycles. The van der Waals surface area contributed by atoms with Crippen molar-refractivity contribution in [3.63, 3.8) is 0 Å². The minimum atomic E-state index is -0.137. The molecular weight excluding hydrogens is 348 g/mol. The third kappa shape index (κ3) is 3.07. The molecule has 2 aromatic rings. The number of ether oxygens (including phenoxy) is 2. The number of rotatable bonds is 7. The van der Waals surface area contributed by atoms with Crippen molar-refractivity contribution < 1.29 is 9.47 Å². The minimum absolute atomic E-state index is 0.137. The molecule has 0 N–H and O–H groups in total. The molecule has 0 aromatic carbocycles. The molecule has 8 nitrogen and oxygen atoms in total. The van der Waals surface area contributed by atoms with E-state index in [0.717, 1.165) is 10.3 Å². The highest BCUT2D eigenvalue weighted by Crippen LogP contribution is 2.41. The lowest BCUT2D eigenvalue weighted by atomic mass is 10.1. The predicted octanol–water partition coefficient (Wildman–Crippen LogP) is 2.02. The summed E-state index contributed by atoms with van der Waals surface area (Å²) in [7, 11) is 3.06. The summed E-state index contributed by atoms with van der Waals surface area (Å²) in [6, 6.07) is 0. The van der Waals surface area contributed by atoms with Gasteiger partial charge in [-0.05, 0) is 49.3 Å². The Morgan fingerprint density at radius 2 is 1.29 bits per heavy atom. The van der Waals surface area contributed by atoms with E-state index >= 15 is 0 Å². The van der Waals surface area contributed by atoms with Gasteiger partial charge in [0, 0.05) is 0 Å². The van der Waals surface area contributed by atoms with Crippen molar-refractivity contribution in [3.8, 4) is 0 Å². The largest absolute Gasteiger partial charge is 0.365 e. The second-order valence-electron chi connectivity index (χ2n) is 6.71. The maximum atomic E-state index is 5.63. The maximum Gasteiger partial charge on any atom is 0.197 e. The van der Waals surface area contributed by atoms with Crippen molar-refractivity contribution in [1.29, 1.82) is 0 Å². The molecule has 0 aliphatic carbocycles. The van der Waals surface area contributed by atoms with Crippen LogP contribution in [0.5, 0.6) is 0 Å². The summed E-state index contributed by atoms with van der Waals surface area (Å²) in [5.74, 6) is 0. The summed E-state index contributed by atoms with van der Waals surface area (Å²) in [5, 5.41) is 10.3. The SMILES string of the molecule is CC1OC1(C)Cn1ncnc1SSc1ncnn1CC1(C)OC1C. The van der Waals surface area contributed by atoms with Crippen LogP contribution in [-0.2, 0) is 22.6 Å². The fourth-order valence-corrected chi connectivity index (χ4v) is 4.54. The van der Waals surface area contributed by atoms with Gasteiger partial charge in [-0.25, -0.2) is 19.3 Å². The van der Waals surface area contributed by atoms with Gasteiger partial charge in [0.1, 0.15) is 23.9 Å². The highest BCUT2D eigenvalue weighted by molar-refractivity contribution is 8.76. The quantitative estimate of drug-likeness (QED) is 0.542. The molecule has 0 bridgehead atoms. The van der Waals surface area contributed by atoms with E-state index in [-0.39, 0.29) is 23.4 Å². The Labute approximate surface area is 148 Å². The Balaban J connectivity index is 1.40. The van der Waals surface area contributed by atoms with Crippen LogP contribution in [0.25, 0.3) is 0 Å². The molecule has 0 amide bonds. The van der Waals surface area contributed by atoms with E-state index in [1.807, 2.05) is 9.36 Å². The fourth-order valence-electron chi connectivity index (χ4n) is 2.59. The Hall–Kier alpha value is -1.10. The smallest absolute Gasteiger partial charge is 0.197 e. The first-order valence-corrected chi connectivity index (χ1v) is 10.0. The van der Waals surface area contributed by atoms with Crippen molar-refractivity contribution in [2.45, 2.75) is 74.5 Å². The molecule has 0 spiro atoms. The van der Waals surface area contributed by atoms with Crippen LogP contribution < -0.4 is 0 Å². The highest BCUT2D eigenvalue weighted by atomic mass is 33.1. The van der Waals surface area contributed by atoms with Gasteiger partial charge in [0.2, 0.25) is 0 Å². The molecule has 4 rings (SSSR count). The van der Waals surface area contributed by atoms with Gasteiger partial charge in [-0.1, -0.05) is 0 Å². The van der Waals surface area contributed by atoms with Crippen molar-refractivity contribution in [2.75, 3.05) is 0 Å². The normalized spacial score (nSPS) is 34.5. The Kier molecular flexibility index (Phi) is 3.90. The lowest BCUT2D eigenvalue weighted by Gasteiger charge is -2.10. The fraction of sp³-hybridized carbons (Fsp3) is 0.714. The number of epoxide rings is 2. The number of aromatic nitrogens is 6. The van der Waals surface area contributed by atoms with E-state index in [1.54, 1.807) is 12.7 Å². The summed E-state index contributed by atoms with van der Waals surface area (Å²) in [6.45, 7) is 9.73. The molecule has 24 heavy (non-hydrogen) atoms. The lowest BCUT2D eigenvalue weighted by Crippen LogP contribution is -2.20. The monoisotopic (exact) mass is 368 g/mol. The summed E-state index contributed by atoms with van der Waals surface area (Å²) >= 11 is 0. The molecule has 2 aromatic heterocycles. The van der Waals surface area contributed by atoms with Crippen LogP contribution in [0.1, 0.15) is 27.7 Å². The average molecular weight is 368 g/mol. The van der Waals surface area contributed by atoms with Gasteiger partial charge < -0.3 is 9.47 Å². The van der Waals surface area contributed by atoms with Gasteiger partial charge in [0.15, 0.2) is 10.3 Å². The third-order valence-corrected chi connectivity index (χ3v) is 6.93. The van der Waals surface area contributed by atoms with Gasteiger partial charge in [-0.15, -0.1) is 0 Å². The van der Waals surface area contributed by atoms with E-state index in [2.05, 4.69) is 47.9 Å². The van der Waals surface area contributed by atoms with Crippen molar-refractivity contribution in [2.24, 2.45) is 0 Å². The molecule has 2 aliphatic heterocycles. The van der Waals surface area contributed by atoms with Crippen LogP contribution in [0.3, 0.4) is 0 Å². The zero-order valence-corrected chi connectivity index (χ0v) is 15.7. The standard InChI is InChI=1S/C14H20N6O2S2/c1-9-13(3,21-9)5-19-11(15-7-17-19)23-24-12-16-8-18-20(12)6-14(4)10(2)22-14/h7-10H,5-6H2,1-4H3. The van der Waals surface area contributed by atoms with Crippen LogP contribution in [0, 0.1) is 0 Å². The lowest BCUT2D eigenvalue weighted by molar-refractivity contribution is 0.272. The van der Waals surface area contributed by atoms with E-state index in [0.29, 0.717) is 13.1 Å². The van der Waals surface area contributed by atoms with Crippen molar-refractivity contribution >= 4 is 21.6 Å². The van der Waals surface area contributed by atoms with Crippen molar-refractivity contribution in [1.82, 2.24) is 29.5 Å². The molecular formula is C14H20N6O2S2. The Morgan fingerprint density at radius 1 is 0.917 bits per heavy atom. The zero-order valence-electron chi connectivity index (χ0n) is 14.0. The molecule has 2 aliphatic rings. The number of nitrogens with zero attached hydrogens (tertiary/aromatic N) is 6. The Morgan fingerprint density at radius 3 is 1.62 bits per heavy atom. The first-order valence-electron chi connectivity index (χ1n) is 7.85. The molecule has 0 radical (unpaired) electrons. The summed E-state index contributed by atoms with van der Waals surface area (Å²) in [6.07, 6.45) is 3.67. The molecule has 0 saturated carbocycles. The third-order valence-electron chi connectivity index (χ3n) is 4.78. The topological polar surface area (TPSA) is 86.5 Å².